The Kier molecular flexibility index (Phi) is 7.93. The maximum atomic E-state index is 13.8. The second kappa shape index (κ2) is 11.2. The van der Waals surface area contributed by atoms with Gasteiger partial charge in [0.25, 0.3) is 11.5 Å². The van der Waals surface area contributed by atoms with E-state index in [1.165, 1.54) is 16.6 Å². The quantitative estimate of drug-likeness (QED) is 0.114. The number of hydrogen-bond donors (Lipinski definition) is 1. The predicted molar refractivity (Wildman–Crippen MR) is 154 cm³/mol. The number of benzene rings is 2. The Morgan fingerprint density at radius 1 is 1.11 bits per heavy atom. The van der Waals surface area contributed by atoms with Gasteiger partial charge < -0.3 is 0 Å². The fourth-order valence-corrected chi connectivity index (χ4v) is 7.03. The lowest BCUT2D eigenvalue weighted by molar-refractivity contribution is -0.118. The Hall–Kier alpha value is -2.36. The van der Waals surface area contributed by atoms with E-state index in [4.69, 9.17) is 39.8 Å². The molecule has 0 atom stereocenters. The van der Waals surface area contributed by atoms with Crippen LogP contribution in [0.2, 0.25) is 15.1 Å². The van der Waals surface area contributed by atoms with Crippen LogP contribution in [0.25, 0.3) is 15.9 Å². The van der Waals surface area contributed by atoms with Crippen molar-refractivity contribution in [2.45, 2.75) is 37.8 Å². The zero-order valence-electron chi connectivity index (χ0n) is 19.7. The number of carbonyl (C=O) groups excluding carboxylic acids is 1. The molecule has 5 rings (SSSR count). The number of halogens is 3. The minimum Gasteiger partial charge on any atom is -0.272 e. The molecule has 0 fully saturated rings. The molecule has 37 heavy (non-hydrogen) atoms. The van der Waals surface area contributed by atoms with Gasteiger partial charge in [0.1, 0.15) is 4.83 Å². The summed E-state index contributed by atoms with van der Waals surface area (Å²) in [7, 11) is 0. The molecule has 1 aliphatic rings. The molecular formula is C26H21Cl3N4O2S2. The summed E-state index contributed by atoms with van der Waals surface area (Å²) in [5, 5.41) is 6.83. The fraction of sp³-hybridized carbons (Fsp3) is 0.231. The van der Waals surface area contributed by atoms with Crippen molar-refractivity contribution in [2.75, 3.05) is 5.75 Å². The first-order chi connectivity index (χ1) is 17.8. The highest BCUT2D eigenvalue weighted by molar-refractivity contribution is 7.99. The third-order valence-electron chi connectivity index (χ3n) is 6.04. The number of rotatable bonds is 6. The first-order valence-electron chi connectivity index (χ1n) is 11.6. The van der Waals surface area contributed by atoms with E-state index in [2.05, 4.69) is 10.5 Å². The number of aromatic nitrogens is 2. The molecule has 4 aromatic rings. The van der Waals surface area contributed by atoms with E-state index >= 15 is 0 Å². The van der Waals surface area contributed by atoms with Crippen LogP contribution in [-0.4, -0.2) is 26.9 Å². The number of fused-ring (bicyclic) bond motifs is 3. The molecular weight excluding hydrogens is 571 g/mol. The van der Waals surface area contributed by atoms with Crippen molar-refractivity contribution in [3.63, 3.8) is 0 Å². The molecule has 2 heterocycles. The van der Waals surface area contributed by atoms with Crippen LogP contribution in [0.4, 0.5) is 0 Å². The van der Waals surface area contributed by atoms with E-state index < -0.39 is 0 Å². The lowest BCUT2D eigenvalue weighted by Gasteiger charge is -2.13. The standard InChI is InChI=1S/C26H21Cl3N4O2S2/c1-14(18-11-8-16(28)12-20(18)29)31-32-22(34)13-36-26-30-24-23(19-4-2-3-5-21(19)37-24)25(35)33(26)17-9-6-15(27)7-10-17/h6-12H,2-5,13H2,1H3,(H,32,34). The van der Waals surface area contributed by atoms with Crippen LogP contribution in [0.1, 0.15) is 35.8 Å². The highest BCUT2D eigenvalue weighted by Gasteiger charge is 2.23. The van der Waals surface area contributed by atoms with Gasteiger partial charge in [-0.25, -0.2) is 10.4 Å². The van der Waals surface area contributed by atoms with Crippen molar-refractivity contribution in [3.05, 3.63) is 83.9 Å². The number of nitrogens with one attached hydrogen (secondary N) is 1. The zero-order valence-corrected chi connectivity index (χ0v) is 23.6. The molecule has 0 aliphatic heterocycles. The number of amides is 1. The first-order valence-corrected chi connectivity index (χ1v) is 14.5. The molecule has 0 saturated heterocycles. The SMILES string of the molecule is CC(=NNC(=O)CSc1nc2sc3c(c2c(=O)n1-c1ccc(Cl)cc1)CCCC3)c1ccc(Cl)cc1Cl. The summed E-state index contributed by atoms with van der Waals surface area (Å²) >= 11 is 21.0. The highest BCUT2D eigenvalue weighted by atomic mass is 35.5. The number of thiophene rings is 1. The molecule has 0 saturated carbocycles. The monoisotopic (exact) mass is 590 g/mol. The van der Waals surface area contributed by atoms with Crippen molar-refractivity contribution in [1.82, 2.24) is 15.0 Å². The van der Waals surface area contributed by atoms with Gasteiger partial charge >= 0.3 is 0 Å². The van der Waals surface area contributed by atoms with Crippen molar-refractivity contribution < 1.29 is 4.79 Å². The smallest absolute Gasteiger partial charge is 0.267 e. The zero-order chi connectivity index (χ0) is 26.1. The van der Waals surface area contributed by atoms with Gasteiger partial charge in [-0.3, -0.25) is 14.2 Å². The second-order valence-corrected chi connectivity index (χ2v) is 11.9. The van der Waals surface area contributed by atoms with Crippen molar-refractivity contribution in [2.24, 2.45) is 5.10 Å². The van der Waals surface area contributed by atoms with Crippen LogP contribution < -0.4 is 11.0 Å². The van der Waals surface area contributed by atoms with Crippen LogP contribution in [0, 0.1) is 0 Å². The molecule has 1 aliphatic carbocycles. The average molecular weight is 592 g/mol. The van der Waals surface area contributed by atoms with Gasteiger partial charge in [-0.05, 0) is 74.6 Å². The summed E-state index contributed by atoms with van der Waals surface area (Å²) in [6.45, 7) is 1.74. The van der Waals surface area contributed by atoms with Gasteiger partial charge in [-0.15, -0.1) is 11.3 Å². The molecule has 190 valence electrons. The number of carbonyl (C=O) groups is 1. The normalized spacial score (nSPS) is 13.6. The van der Waals surface area contributed by atoms with Crippen LogP contribution in [0.3, 0.4) is 0 Å². The van der Waals surface area contributed by atoms with E-state index in [0.717, 1.165) is 36.1 Å². The van der Waals surface area contributed by atoms with E-state index in [0.29, 0.717) is 42.6 Å². The molecule has 1 amide bonds. The Bertz CT molecular complexity index is 1600. The topological polar surface area (TPSA) is 76.3 Å². The number of hydrazone groups is 1. The molecule has 2 aromatic carbocycles. The van der Waals surface area contributed by atoms with E-state index in [9.17, 15) is 9.59 Å². The molecule has 1 N–H and O–H groups in total. The number of aryl methyl sites for hydroxylation is 2. The van der Waals surface area contributed by atoms with Crippen molar-refractivity contribution in [3.8, 4) is 5.69 Å². The number of nitrogens with zero attached hydrogens (tertiary/aromatic N) is 3. The minimum atomic E-state index is -0.336. The molecule has 11 heteroatoms. The van der Waals surface area contributed by atoms with E-state index in [1.54, 1.807) is 65.3 Å². The van der Waals surface area contributed by atoms with Gasteiger partial charge in [0.05, 0.1) is 27.6 Å². The molecule has 0 unspecified atom stereocenters. The summed E-state index contributed by atoms with van der Waals surface area (Å²) in [6, 6.07) is 12.1. The van der Waals surface area contributed by atoms with Crippen LogP contribution in [0.15, 0.2) is 57.5 Å². The maximum Gasteiger partial charge on any atom is 0.267 e. The molecule has 0 spiro atoms. The summed E-state index contributed by atoms with van der Waals surface area (Å²) in [6.07, 6.45) is 4.04. The summed E-state index contributed by atoms with van der Waals surface area (Å²) < 4.78 is 1.57. The fourth-order valence-electron chi connectivity index (χ4n) is 4.25. The number of hydrogen-bond acceptors (Lipinski definition) is 6. The Morgan fingerprint density at radius 3 is 2.59 bits per heavy atom. The molecule has 2 aromatic heterocycles. The van der Waals surface area contributed by atoms with Crippen molar-refractivity contribution in [1.29, 1.82) is 0 Å². The Balaban J connectivity index is 1.43. The van der Waals surface area contributed by atoms with Gasteiger partial charge in [0.2, 0.25) is 0 Å². The van der Waals surface area contributed by atoms with E-state index in [-0.39, 0.29) is 17.2 Å². The maximum absolute atomic E-state index is 13.8. The molecule has 0 bridgehead atoms. The Labute approximate surface area is 236 Å². The van der Waals surface area contributed by atoms with E-state index in [1.807, 2.05) is 0 Å². The van der Waals surface area contributed by atoms with Gasteiger partial charge in [-0.1, -0.05) is 52.6 Å². The first kappa shape index (κ1) is 26.3. The Morgan fingerprint density at radius 2 is 1.84 bits per heavy atom. The molecule has 0 radical (unpaired) electrons. The average Bonchev–Trinajstić information content (AvgIpc) is 3.25. The van der Waals surface area contributed by atoms with Gasteiger partial charge in [-0.2, -0.15) is 5.10 Å². The van der Waals surface area contributed by atoms with Gasteiger partial charge in [0.15, 0.2) is 5.16 Å². The lowest BCUT2D eigenvalue weighted by atomic mass is 9.97. The third-order valence-corrected chi connectivity index (χ3v) is 8.97. The third kappa shape index (κ3) is 5.59. The number of thioether (sulfide) groups is 1. The summed E-state index contributed by atoms with van der Waals surface area (Å²) in [5.41, 5.74) is 5.41. The van der Waals surface area contributed by atoms with Gasteiger partial charge in [0, 0.05) is 20.5 Å². The van der Waals surface area contributed by atoms with Crippen LogP contribution in [-0.2, 0) is 17.6 Å². The minimum absolute atomic E-state index is 0.0156. The highest BCUT2D eigenvalue weighted by Crippen LogP contribution is 2.35. The second-order valence-electron chi connectivity index (χ2n) is 8.55. The van der Waals surface area contributed by atoms with Crippen LogP contribution >= 0.6 is 57.9 Å². The molecule has 6 nitrogen and oxygen atoms in total. The summed E-state index contributed by atoms with van der Waals surface area (Å²) in [4.78, 5) is 33.2. The largest absolute Gasteiger partial charge is 0.272 e. The lowest BCUT2D eigenvalue weighted by Crippen LogP contribution is -2.24. The van der Waals surface area contributed by atoms with Crippen molar-refractivity contribution >= 4 is 79.7 Å². The predicted octanol–water partition coefficient (Wildman–Crippen LogP) is 6.92. The van der Waals surface area contributed by atoms with Crippen LogP contribution in [0.5, 0.6) is 0 Å². The summed E-state index contributed by atoms with van der Waals surface area (Å²) in [5.74, 6) is -0.321.